The first-order valence-electron chi connectivity index (χ1n) is 8.28. The summed E-state index contributed by atoms with van der Waals surface area (Å²) in [5, 5.41) is 3.46. The molecule has 0 N–H and O–H groups in total. The van der Waals surface area contributed by atoms with Crippen LogP contribution in [0.1, 0.15) is 74.3 Å². The fourth-order valence-electron chi connectivity index (χ4n) is 3.23. The molecule has 130 valence electrons. The van der Waals surface area contributed by atoms with Crippen LogP contribution in [0.3, 0.4) is 0 Å². The maximum atomic E-state index is 14.1. The number of unbranched alkanes of at least 4 members (excludes halogenated alkanes) is 3. The lowest BCUT2D eigenvalue weighted by Gasteiger charge is -2.24. The van der Waals surface area contributed by atoms with Gasteiger partial charge in [-0.25, -0.2) is 13.5 Å². The molecule has 1 saturated heterocycles. The third kappa shape index (κ3) is 3.87. The molecule has 1 unspecified atom stereocenters. The van der Waals surface area contributed by atoms with Crippen molar-refractivity contribution in [2.24, 2.45) is 7.05 Å². The van der Waals surface area contributed by atoms with E-state index < -0.39 is 29.5 Å². The summed E-state index contributed by atoms with van der Waals surface area (Å²) in [6.07, 6.45) is 3.94. The molecule has 7 heteroatoms. The van der Waals surface area contributed by atoms with Crippen LogP contribution in [-0.2, 0) is 7.05 Å². The Morgan fingerprint density at radius 1 is 1.35 bits per heavy atom. The van der Waals surface area contributed by atoms with Crippen molar-refractivity contribution in [1.82, 2.24) is 14.7 Å². The summed E-state index contributed by atoms with van der Waals surface area (Å²) in [6.45, 7) is 2.62. The van der Waals surface area contributed by atoms with Crippen LogP contribution in [0.2, 0.25) is 0 Å². The van der Waals surface area contributed by atoms with E-state index in [9.17, 15) is 18.0 Å². The van der Waals surface area contributed by atoms with E-state index in [1.165, 1.54) is 7.05 Å². The van der Waals surface area contributed by atoms with Crippen molar-refractivity contribution in [3.63, 3.8) is 0 Å². The van der Waals surface area contributed by atoms with Gasteiger partial charge in [-0.3, -0.25) is 4.79 Å². The maximum absolute atomic E-state index is 14.1. The van der Waals surface area contributed by atoms with Gasteiger partial charge in [0.1, 0.15) is 11.3 Å². The van der Waals surface area contributed by atoms with E-state index in [0.717, 1.165) is 44.9 Å². The zero-order valence-corrected chi connectivity index (χ0v) is 13.7. The Hall–Kier alpha value is -1.53. The Morgan fingerprint density at radius 3 is 2.74 bits per heavy atom. The van der Waals surface area contributed by atoms with Crippen LogP contribution < -0.4 is 0 Å². The van der Waals surface area contributed by atoms with Crippen LogP contribution in [0, 0.1) is 5.95 Å². The number of nitrogens with zero attached hydrogens (tertiary/aromatic N) is 3. The Kier molecular flexibility index (Phi) is 6.07. The third-order valence-corrected chi connectivity index (χ3v) is 4.45. The van der Waals surface area contributed by atoms with Crippen molar-refractivity contribution in [1.29, 1.82) is 0 Å². The van der Waals surface area contributed by atoms with Gasteiger partial charge >= 0.3 is 0 Å². The molecule has 0 aromatic carbocycles. The van der Waals surface area contributed by atoms with Crippen LogP contribution in [0.25, 0.3) is 0 Å². The molecule has 1 atom stereocenters. The van der Waals surface area contributed by atoms with Crippen molar-refractivity contribution in [3.8, 4) is 0 Å². The highest BCUT2D eigenvalue weighted by Crippen LogP contribution is 2.29. The molecule has 1 fully saturated rings. The fraction of sp³-hybridized carbons (Fsp3) is 0.750. The first-order valence-corrected chi connectivity index (χ1v) is 8.28. The maximum Gasteiger partial charge on any atom is 0.283 e. The Morgan fingerprint density at radius 2 is 2.09 bits per heavy atom. The quantitative estimate of drug-likeness (QED) is 0.706. The standard InChI is InChI=1S/C16H24F3N3O/c1-3-4-5-6-8-11-9-7-10-22(11)16(23)12-13(14(17)18)20-21(2)15(12)19/h11,14H,3-10H2,1-2H3. The van der Waals surface area contributed by atoms with Crippen LogP contribution >= 0.6 is 0 Å². The van der Waals surface area contributed by atoms with Gasteiger partial charge in [-0.2, -0.15) is 9.49 Å². The van der Waals surface area contributed by atoms with E-state index >= 15 is 0 Å². The molecule has 1 aliphatic heterocycles. The van der Waals surface area contributed by atoms with Gasteiger partial charge in [0.15, 0.2) is 0 Å². The Bertz CT molecular complexity index is 545. The van der Waals surface area contributed by atoms with E-state index in [4.69, 9.17) is 0 Å². The van der Waals surface area contributed by atoms with Crippen molar-refractivity contribution in [3.05, 3.63) is 17.2 Å². The van der Waals surface area contributed by atoms with Crippen LogP contribution in [0.4, 0.5) is 13.2 Å². The lowest BCUT2D eigenvalue weighted by Crippen LogP contribution is -2.36. The SMILES string of the molecule is CCCCCCC1CCCN1C(=O)c1c(C(F)F)nn(C)c1F. The normalized spacial score (nSPS) is 18.2. The van der Waals surface area contributed by atoms with Crippen LogP contribution in [0.5, 0.6) is 0 Å². The average Bonchev–Trinajstić information content (AvgIpc) is 3.09. The third-order valence-electron chi connectivity index (χ3n) is 4.45. The molecular weight excluding hydrogens is 307 g/mol. The lowest BCUT2D eigenvalue weighted by molar-refractivity contribution is 0.0711. The number of rotatable bonds is 7. The fourth-order valence-corrected chi connectivity index (χ4v) is 3.23. The molecule has 0 radical (unpaired) electrons. The van der Waals surface area contributed by atoms with E-state index in [-0.39, 0.29) is 6.04 Å². The minimum atomic E-state index is -2.96. The molecule has 2 rings (SSSR count). The molecule has 0 bridgehead atoms. The molecule has 1 amide bonds. The summed E-state index contributed by atoms with van der Waals surface area (Å²) in [4.78, 5) is 14.2. The molecule has 23 heavy (non-hydrogen) atoms. The number of amides is 1. The predicted octanol–water partition coefficient (Wildman–Crippen LogP) is 4.07. The first-order chi connectivity index (χ1) is 11.0. The molecular formula is C16H24F3N3O. The van der Waals surface area contributed by atoms with Crippen molar-refractivity contribution in [2.75, 3.05) is 6.54 Å². The number of hydrogen-bond donors (Lipinski definition) is 0. The average molecular weight is 331 g/mol. The largest absolute Gasteiger partial charge is 0.335 e. The summed E-state index contributed by atoms with van der Waals surface area (Å²) in [6, 6.07) is 0.0180. The van der Waals surface area contributed by atoms with Gasteiger partial charge in [-0.05, 0) is 19.3 Å². The van der Waals surface area contributed by atoms with Gasteiger partial charge in [0.2, 0.25) is 5.95 Å². The highest BCUT2D eigenvalue weighted by Gasteiger charge is 2.35. The molecule has 1 aromatic rings. The minimum absolute atomic E-state index is 0.0180. The summed E-state index contributed by atoms with van der Waals surface area (Å²) in [5.41, 5.74) is -1.32. The van der Waals surface area contributed by atoms with Gasteiger partial charge < -0.3 is 4.90 Å². The molecule has 0 spiro atoms. The molecule has 1 aliphatic rings. The summed E-state index contributed by atoms with van der Waals surface area (Å²) in [7, 11) is 1.23. The monoisotopic (exact) mass is 331 g/mol. The Balaban J connectivity index is 2.13. The van der Waals surface area contributed by atoms with Gasteiger partial charge in [0.25, 0.3) is 12.3 Å². The summed E-state index contributed by atoms with van der Waals surface area (Å²) >= 11 is 0. The molecule has 0 aliphatic carbocycles. The van der Waals surface area contributed by atoms with Crippen molar-refractivity contribution in [2.45, 2.75) is 64.3 Å². The van der Waals surface area contributed by atoms with E-state index in [1.54, 1.807) is 4.90 Å². The highest BCUT2D eigenvalue weighted by atomic mass is 19.3. The van der Waals surface area contributed by atoms with E-state index in [1.807, 2.05) is 0 Å². The van der Waals surface area contributed by atoms with Gasteiger partial charge in [-0.15, -0.1) is 0 Å². The molecule has 1 aromatic heterocycles. The van der Waals surface area contributed by atoms with E-state index in [0.29, 0.717) is 11.2 Å². The van der Waals surface area contributed by atoms with Gasteiger partial charge in [0, 0.05) is 19.6 Å². The second kappa shape index (κ2) is 7.84. The molecule has 0 saturated carbocycles. The number of carbonyl (C=O) groups excluding carboxylic acids is 1. The van der Waals surface area contributed by atoms with Crippen LogP contribution in [0.15, 0.2) is 0 Å². The molecule has 4 nitrogen and oxygen atoms in total. The second-order valence-corrected chi connectivity index (χ2v) is 6.12. The van der Waals surface area contributed by atoms with Gasteiger partial charge in [0.05, 0.1) is 0 Å². The highest BCUT2D eigenvalue weighted by molar-refractivity contribution is 5.95. The van der Waals surface area contributed by atoms with Crippen LogP contribution in [-0.4, -0.2) is 33.2 Å². The lowest BCUT2D eigenvalue weighted by atomic mass is 10.0. The first kappa shape index (κ1) is 17.8. The number of aromatic nitrogens is 2. The van der Waals surface area contributed by atoms with Crippen molar-refractivity contribution < 1.29 is 18.0 Å². The predicted molar refractivity (Wildman–Crippen MR) is 80.9 cm³/mol. The van der Waals surface area contributed by atoms with Crippen molar-refractivity contribution >= 4 is 5.91 Å². The minimum Gasteiger partial charge on any atom is -0.335 e. The second-order valence-electron chi connectivity index (χ2n) is 6.12. The number of halogens is 3. The molecule has 2 heterocycles. The number of likely N-dealkylation sites (tertiary alicyclic amines) is 1. The Labute approximate surface area is 134 Å². The number of hydrogen-bond acceptors (Lipinski definition) is 2. The summed E-state index contributed by atoms with van der Waals surface area (Å²) in [5.74, 6) is -1.63. The summed E-state index contributed by atoms with van der Waals surface area (Å²) < 4.78 is 40.9. The van der Waals surface area contributed by atoms with E-state index in [2.05, 4.69) is 12.0 Å². The number of carbonyl (C=O) groups is 1. The number of aryl methyl sites for hydroxylation is 1. The van der Waals surface area contributed by atoms with Gasteiger partial charge in [-0.1, -0.05) is 32.6 Å². The topological polar surface area (TPSA) is 38.1 Å². The zero-order chi connectivity index (χ0) is 17.0. The zero-order valence-electron chi connectivity index (χ0n) is 13.7. The smallest absolute Gasteiger partial charge is 0.283 e. The number of alkyl halides is 2.